The minimum atomic E-state index is 0.108. The zero-order chi connectivity index (χ0) is 17.6. The Morgan fingerprint density at radius 3 is 2.80 bits per heavy atom. The van der Waals surface area contributed by atoms with Crippen LogP contribution in [0.25, 0.3) is 0 Å². The van der Waals surface area contributed by atoms with Crippen LogP contribution in [-0.2, 0) is 18.4 Å². The van der Waals surface area contributed by atoms with E-state index in [1.165, 1.54) is 12.8 Å². The second kappa shape index (κ2) is 6.29. The quantitative estimate of drug-likeness (QED) is 0.899. The molecule has 1 aliphatic heterocycles. The molecule has 0 unspecified atom stereocenters. The summed E-state index contributed by atoms with van der Waals surface area (Å²) in [6.07, 6.45) is 2.50. The SMILES string of the molecule is COCc1nc([C@H]2CN(C(=O)c3ccc(C)n3C)C[C@@H]2C2CC2)n[nH]1. The number of amides is 1. The van der Waals surface area contributed by atoms with Crippen molar-refractivity contribution < 1.29 is 9.53 Å². The number of aromatic nitrogens is 4. The molecule has 1 saturated heterocycles. The van der Waals surface area contributed by atoms with Crippen LogP contribution in [0.5, 0.6) is 0 Å². The van der Waals surface area contributed by atoms with Gasteiger partial charge in [-0.05, 0) is 43.7 Å². The molecule has 1 saturated carbocycles. The van der Waals surface area contributed by atoms with Crippen LogP contribution < -0.4 is 0 Å². The lowest BCUT2D eigenvalue weighted by molar-refractivity contribution is 0.0775. The lowest BCUT2D eigenvalue weighted by Gasteiger charge is -2.17. The van der Waals surface area contributed by atoms with Crippen molar-refractivity contribution in [2.75, 3.05) is 20.2 Å². The van der Waals surface area contributed by atoms with Gasteiger partial charge in [-0.2, -0.15) is 5.10 Å². The topological polar surface area (TPSA) is 76.0 Å². The van der Waals surface area contributed by atoms with E-state index in [0.29, 0.717) is 25.0 Å². The Morgan fingerprint density at radius 2 is 2.16 bits per heavy atom. The molecule has 134 valence electrons. The average molecular weight is 343 g/mol. The molecule has 0 bridgehead atoms. The molecule has 0 spiro atoms. The van der Waals surface area contributed by atoms with Crippen molar-refractivity contribution >= 4 is 5.91 Å². The fourth-order valence-electron chi connectivity index (χ4n) is 3.94. The first-order chi connectivity index (χ1) is 12.1. The number of hydrogen-bond donors (Lipinski definition) is 1. The van der Waals surface area contributed by atoms with E-state index in [0.717, 1.165) is 29.6 Å². The normalized spacial score (nSPS) is 23.4. The van der Waals surface area contributed by atoms with Crippen molar-refractivity contribution in [3.8, 4) is 0 Å². The fraction of sp³-hybridized carbons (Fsp3) is 0.611. The Kier molecular flexibility index (Phi) is 4.11. The lowest BCUT2D eigenvalue weighted by Crippen LogP contribution is -2.30. The second-order valence-corrected chi connectivity index (χ2v) is 7.31. The number of hydrogen-bond acceptors (Lipinski definition) is 4. The van der Waals surface area contributed by atoms with Gasteiger partial charge in [0.05, 0.1) is 0 Å². The summed E-state index contributed by atoms with van der Waals surface area (Å²) in [5, 5.41) is 7.36. The monoisotopic (exact) mass is 343 g/mol. The number of rotatable bonds is 5. The van der Waals surface area contributed by atoms with E-state index in [1.54, 1.807) is 7.11 Å². The van der Waals surface area contributed by atoms with Gasteiger partial charge >= 0.3 is 0 Å². The second-order valence-electron chi connectivity index (χ2n) is 7.31. The fourth-order valence-corrected chi connectivity index (χ4v) is 3.94. The number of methoxy groups -OCH3 is 1. The summed E-state index contributed by atoms with van der Waals surface area (Å²) in [5.41, 5.74) is 1.85. The van der Waals surface area contributed by atoms with E-state index in [1.807, 2.05) is 35.6 Å². The van der Waals surface area contributed by atoms with Crippen LogP contribution in [0.3, 0.4) is 0 Å². The van der Waals surface area contributed by atoms with Gasteiger partial charge in [-0.1, -0.05) is 0 Å². The molecule has 25 heavy (non-hydrogen) atoms. The van der Waals surface area contributed by atoms with Crippen LogP contribution in [0.2, 0.25) is 0 Å². The number of ether oxygens (including phenoxy) is 1. The Balaban J connectivity index is 1.56. The van der Waals surface area contributed by atoms with Crippen LogP contribution in [0.4, 0.5) is 0 Å². The van der Waals surface area contributed by atoms with E-state index < -0.39 is 0 Å². The van der Waals surface area contributed by atoms with E-state index in [-0.39, 0.29) is 11.8 Å². The summed E-state index contributed by atoms with van der Waals surface area (Å²) < 4.78 is 7.09. The summed E-state index contributed by atoms with van der Waals surface area (Å²) in [5.74, 6) is 3.03. The van der Waals surface area contributed by atoms with E-state index >= 15 is 0 Å². The maximum atomic E-state index is 13.0. The predicted octanol–water partition coefficient (Wildman–Crippen LogP) is 1.86. The molecule has 2 aromatic heterocycles. The first-order valence-corrected chi connectivity index (χ1v) is 8.90. The Morgan fingerprint density at radius 1 is 1.36 bits per heavy atom. The van der Waals surface area contributed by atoms with Crippen LogP contribution >= 0.6 is 0 Å². The van der Waals surface area contributed by atoms with Gasteiger partial charge in [-0.15, -0.1) is 0 Å². The number of likely N-dealkylation sites (tertiary alicyclic amines) is 1. The van der Waals surface area contributed by atoms with E-state index in [4.69, 9.17) is 4.74 Å². The van der Waals surface area contributed by atoms with Crippen LogP contribution in [0.1, 0.15) is 46.6 Å². The molecule has 7 nitrogen and oxygen atoms in total. The highest BCUT2D eigenvalue weighted by molar-refractivity contribution is 5.93. The van der Waals surface area contributed by atoms with Crippen molar-refractivity contribution in [3.63, 3.8) is 0 Å². The smallest absolute Gasteiger partial charge is 0.270 e. The number of carbonyl (C=O) groups excluding carboxylic acids is 1. The van der Waals surface area contributed by atoms with Gasteiger partial charge in [-0.3, -0.25) is 9.89 Å². The first-order valence-electron chi connectivity index (χ1n) is 8.90. The van der Waals surface area contributed by atoms with Crippen LogP contribution in [-0.4, -0.2) is 50.8 Å². The van der Waals surface area contributed by atoms with E-state index in [9.17, 15) is 4.79 Å². The minimum Gasteiger partial charge on any atom is -0.377 e. The highest BCUT2D eigenvalue weighted by atomic mass is 16.5. The number of nitrogens with one attached hydrogen (secondary N) is 1. The highest BCUT2D eigenvalue weighted by Crippen LogP contribution is 2.47. The van der Waals surface area contributed by atoms with Gasteiger partial charge in [-0.25, -0.2) is 4.98 Å². The van der Waals surface area contributed by atoms with Gasteiger partial charge in [0.15, 0.2) is 11.6 Å². The van der Waals surface area contributed by atoms with Gasteiger partial charge < -0.3 is 14.2 Å². The summed E-state index contributed by atoms with van der Waals surface area (Å²) >= 11 is 0. The maximum absolute atomic E-state index is 13.0. The summed E-state index contributed by atoms with van der Waals surface area (Å²) in [7, 11) is 3.59. The molecule has 1 amide bonds. The molecule has 0 radical (unpaired) electrons. The number of aromatic amines is 1. The Bertz CT molecular complexity index is 776. The molecule has 2 fully saturated rings. The highest BCUT2D eigenvalue weighted by Gasteiger charge is 2.46. The molecule has 2 aliphatic rings. The van der Waals surface area contributed by atoms with Crippen molar-refractivity contribution in [2.45, 2.75) is 32.3 Å². The zero-order valence-electron chi connectivity index (χ0n) is 15.0. The summed E-state index contributed by atoms with van der Waals surface area (Å²) in [6, 6.07) is 3.91. The molecule has 1 aliphatic carbocycles. The Hall–Kier alpha value is -2.15. The van der Waals surface area contributed by atoms with Gasteiger partial charge in [0.2, 0.25) is 0 Å². The van der Waals surface area contributed by atoms with Crippen molar-refractivity contribution in [2.24, 2.45) is 18.9 Å². The molecule has 2 aromatic rings. The third kappa shape index (κ3) is 2.97. The minimum absolute atomic E-state index is 0.108. The third-order valence-electron chi connectivity index (χ3n) is 5.63. The van der Waals surface area contributed by atoms with Crippen molar-refractivity contribution in [3.05, 3.63) is 35.2 Å². The molecule has 3 heterocycles. The molecule has 2 atom stereocenters. The number of nitrogens with zero attached hydrogens (tertiary/aromatic N) is 4. The van der Waals surface area contributed by atoms with Crippen LogP contribution in [0, 0.1) is 18.8 Å². The number of carbonyl (C=O) groups is 1. The lowest BCUT2D eigenvalue weighted by atomic mass is 9.91. The molecule has 4 rings (SSSR count). The standard InChI is InChI=1S/C18H25N5O2/c1-11-4-7-15(22(11)2)18(24)23-8-13(12-5-6-12)14(9-23)17-19-16(10-25-3)20-21-17/h4,7,12-14H,5-6,8-10H2,1-3H3,(H,19,20,21)/t13-,14+/m1/s1. The largest absolute Gasteiger partial charge is 0.377 e. The van der Waals surface area contributed by atoms with Crippen molar-refractivity contribution in [1.29, 1.82) is 0 Å². The van der Waals surface area contributed by atoms with Gasteiger partial charge in [0.25, 0.3) is 5.91 Å². The van der Waals surface area contributed by atoms with E-state index in [2.05, 4.69) is 15.2 Å². The first kappa shape index (κ1) is 16.3. The van der Waals surface area contributed by atoms with Gasteiger partial charge in [0.1, 0.15) is 12.3 Å². The third-order valence-corrected chi connectivity index (χ3v) is 5.63. The molecular weight excluding hydrogens is 318 g/mol. The summed E-state index contributed by atoms with van der Waals surface area (Å²) in [4.78, 5) is 19.6. The maximum Gasteiger partial charge on any atom is 0.270 e. The van der Waals surface area contributed by atoms with Crippen molar-refractivity contribution in [1.82, 2.24) is 24.6 Å². The molecular formula is C18H25N5O2. The number of aryl methyl sites for hydroxylation is 1. The molecule has 1 N–H and O–H groups in total. The average Bonchev–Trinajstić information content (AvgIpc) is 3.03. The van der Waals surface area contributed by atoms with Gasteiger partial charge in [0, 0.05) is 38.9 Å². The molecule has 7 heteroatoms. The summed E-state index contributed by atoms with van der Waals surface area (Å²) in [6.45, 7) is 3.93. The van der Waals surface area contributed by atoms with Crippen LogP contribution in [0.15, 0.2) is 12.1 Å². The molecule has 0 aromatic carbocycles. The number of H-pyrrole nitrogens is 1. The Labute approximate surface area is 147 Å². The predicted molar refractivity (Wildman–Crippen MR) is 92.1 cm³/mol. The zero-order valence-corrected chi connectivity index (χ0v) is 15.0.